The summed E-state index contributed by atoms with van der Waals surface area (Å²) >= 11 is 18.7. The Hall–Kier alpha value is -2.24. The summed E-state index contributed by atoms with van der Waals surface area (Å²) in [4.78, 5) is 17.2. The summed E-state index contributed by atoms with van der Waals surface area (Å²) in [5.41, 5.74) is 3.30. The van der Waals surface area contributed by atoms with E-state index in [2.05, 4.69) is 4.90 Å². The van der Waals surface area contributed by atoms with Crippen molar-refractivity contribution in [3.63, 3.8) is 0 Å². The second-order valence-corrected chi connectivity index (χ2v) is 8.74. The fraction of sp³-hybridized carbons (Fsp3) is 0.208. The SMILES string of the molecule is O=C(c1ccc(CO)cc1)N1CCN(c2ccc(Cl)cc2Cl)C(c2ccc(Cl)cc2)C1. The molecule has 1 atom stereocenters. The zero-order chi connectivity index (χ0) is 22.0. The lowest BCUT2D eigenvalue weighted by Gasteiger charge is -2.43. The van der Waals surface area contributed by atoms with Gasteiger partial charge in [-0.2, -0.15) is 0 Å². The number of amides is 1. The number of hydrogen-bond acceptors (Lipinski definition) is 3. The Bertz CT molecular complexity index is 1070. The molecule has 1 aliphatic heterocycles. The number of rotatable bonds is 4. The summed E-state index contributed by atoms with van der Waals surface area (Å²) in [6.07, 6.45) is 0. The predicted octanol–water partition coefficient (Wildman–Crippen LogP) is 5.84. The fourth-order valence-electron chi connectivity index (χ4n) is 3.88. The first kappa shape index (κ1) is 22.0. The van der Waals surface area contributed by atoms with Crippen LogP contribution in [0.1, 0.15) is 27.5 Å². The molecule has 1 saturated heterocycles. The van der Waals surface area contributed by atoms with Crippen LogP contribution >= 0.6 is 34.8 Å². The number of piperazine rings is 1. The Morgan fingerprint density at radius 3 is 2.23 bits per heavy atom. The second kappa shape index (κ2) is 9.49. The summed E-state index contributed by atoms with van der Waals surface area (Å²) < 4.78 is 0. The number of aliphatic hydroxyl groups excluding tert-OH is 1. The van der Waals surface area contributed by atoms with Crippen LogP contribution in [0.3, 0.4) is 0 Å². The summed E-state index contributed by atoms with van der Waals surface area (Å²) in [5, 5.41) is 11.1. The molecule has 1 heterocycles. The molecule has 7 heteroatoms. The van der Waals surface area contributed by atoms with Crippen molar-refractivity contribution >= 4 is 46.4 Å². The number of carbonyl (C=O) groups excluding carboxylic acids is 1. The van der Waals surface area contributed by atoms with Gasteiger partial charge in [0.25, 0.3) is 5.91 Å². The highest BCUT2D eigenvalue weighted by Gasteiger charge is 2.32. The first-order valence-corrected chi connectivity index (χ1v) is 11.1. The molecule has 0 saturated carbocycles. The average Bonchev–Trinajstić information content (AvgIpc) is 2.79. The molecule has 0 spiro atoms. The van der Waals surface area contributed by atoms with Crippen molar-refractivity contribution in [1.82, 2.24) is 4.90 Å². The number of carbonyl (C=O) groups is 1. The van der Waals surface area contributed by atoms with Gasteiger partial charge in [-0.05, 0) is 53.6 Å². The maximum absolute atomic E-state index is 13.2. The molecule has 4 rings (SSSR count). The van der Waals surface area contributed by atoms with Crippen LogP contribution in [-0.2, 0) is 6.61 Å². The third-order valence-corrected chi connectivity index (χ3v) is 6.31. The van der Waals surface area contributed by atoms with E-state index in [1.54, 1.807) is 30.3 Å². The van der Waals surface area contributed by atoms with Crippen LogP contribution in [-0.4, -0.2) is 35.5 Å². The minimum absolute atomic E-state index is 0.0368. The molecule has 0 radical (unpaired) electrons. The highest BCUT2D eigenvalue weighted by Crippen LogP contribution is 2.37. The molecule has 3 aromatic carbocycles. The van der Waals surface area contributed by atoms with E-state index in [0.717, 1.165) is 16.8 Å². The van der Waals surface area contributed by atoms with Gasteiger partial charge in [-0.3, -0.25) is 4.79 Å². The van der Waals surface area contributed by atoms with Crippen molar-refractivity contribution in [2.24, 2.45) is 0 Å². The highest BCUT2D eigenvalue weighted by atomic mass is 35.5. The molecule has 1 unspecified atom stereocenters. The molecule has 1 fully saturated rings. The lowest BCUT2D eigenvalue weighted by molar-refractivity contribution is 0.0722. The van der Waals surface area contributed by atoms with Crippen LogP contribution < -0.4 is 4.90 Å². The van der Waals surface area contributed by atoms with E-state index in [4.69, 9.17) is 34.8 Å². The van der Waals surface area contributed by atoms with E-state index >= 15 is 0 Å². The molecular formula is C24H21Cl3N2O2. The van der Waals surface area contributed by atoms with Crippen molar-refractivity contribution in [3.05, 3.63) is 98.5 Å². The standard InChI is InChI=1S/C24H21Cl3N2O2/c25-19-7-5-17(6-8-19)23-14-28(24(31)18-3-1-16(15-30)2-4-18)11-12-29(23)22-10-9-20(26)13-21(22)27/h1-10,13,23,30H,11-12,14-15H2. The van der Waals surface area contributed by atoms with Gasteiger partial charge >= 0.3 is 0 Å². The van der Waals surface area contributed by atoms with Crippen LogP contribution in [0.5, 0.6) is 0 Å². The number of benzene rings is 3. The maximum Gasteiger partial charge on any atom is 0.253 e. The Morgan fingerprint density at radius 1 is 0.903 bits per heavy atom. The molecule has 3 aromatic rings. The minimum atomic E-state index is -0.0923. The van der Waals surface area contributed by atoms with Crippen LogP contribution in [0.15, 0.2) is 66.7 Å². The van der Waals surface area contributed by atoms with Crippen molar-refractivity contribution in [2.75, 3.05) is 24.5 Å². The maximum atomic E-state index is 13.2. The normalized spacial score (nSPS) is 16.5. The number of aliphatic hydroxyl groups is 1. The van der Waals surface area contributed by atoms with Crippen molar-refractivity contribution in [3.8, 4) is 0 Å². The van der Waals surface area contributed by atoms with Gasteiger partial charge in [0, 0.05) is 35.2 Å². The Balaban J connectivity index is 1.64. The fourth-order valence-corrected chi connectivity index (χ4v) is 4.52. The largest absolute Gasteiger partial charge is 0.392 e. The van der Waals surface area contributed by atoms with Gasteiger partial charge in [0.05, 0.1) is 23.4 Å². The van der Waals surface area contributed by atoms with E-state index in [-0.39, 0.29) is 18.6 Å². The molecule has 160 valence electrons. The smallest absolute Gasteiger partial charge is 0.253 e. The molecular weight excluding hydrogens is 455 g/mol. The lowest BCUT2D eigenvalue weighted by atomic mass is 10.0. The summed E-state index contributed by atoms with van der Waals surface area (Å²) in [5.74, 6) is -0.0368. The lowest BCUT2D eigenvalue weighted by Crippen LogP contribution is -2.50. The van der Waals surface area contributed by atoms with Gasteiger partial charge in [-0.15, -0.1) is 0 Å². The quantitative estimate of drug-likeness (QED) is 0.515. The van der Waals surface area contributed by atoms with Gasteiger partial charge in [0.15, 0.2) is 0 Å². The molecule has 4 nitrogen and oxygen atoms in total. The Kier molecular flexibility index (Phi) is 6.73. The number of nitrogens with zero attached hydrogens (tertiary/aromatic N) is 2. The number of hydrogen-bond donors (Lipinski definition) is 1. The van der Waals surface area contributed by atoms with Crippen LogP contribution in [0, 0.1) is 0 Å². The topological polar surface area (TPSA) is 43.8 Å². The van der Waals surface area contributed by atoms with E-state index in [1.165, 1.54) is 0 Å². The van der Waals surface area contributed by atoms with Gasteiger partial charge in [-0.25, -0.2) is 0 Å². The van der Waals surface area contributed by atoms with E-state index < -0.39 is 0 Å². The van der Waals surface area contributed by atoms with Crippen molar-refractivity contribution < 1.29 is 9.90 Å². The summed E-state index contributed by atoms with van der Waals surface area (Å²) in [6, 6.07) is 20.1. The third kappa shape index (κ3) is 4.83. The van der Waals surface area contributed by atoms with Gasteiger partial charge in [0.2, 0.25) is 0 Å². The number of anilines is 1. The monoisotopic (exact) mass is 474 g/mol. The zero-order valence-corrected chi connectivity index (χ0v) is 18.9. The van der Waals surface area contributed by atoms with Crippen LogP contribution in [0.25, 0.3) is 0 Å². The first-order valence-electron chi connectivity index (χ1n) is 9.92. The van der Waals surface area contributed by atoms with Crippen molar-refractivity contribution in [2.45, 2.75) is 12.6 Å². The van der Waals surface area contributed by atoms with Crippen LogP contribution in [0.4, 0.5) is 5.69 Å². The molecule has 1 N–H and O–H groups in total. The van der Waals surface area contributed by atoms with Gasteiger partial charge < -0.3 is 14.9 Å². The second-order valence-electron chi connectivity index (χ2n) is 7.46. The molecule has 31 heavy (non-hydrogen) atoms. The van der Waals surface area contributed by atoms with Gasteiger partial charge in [0.1, 0.15) is 0 Å². The minimum Gasteiger partial charge on any atom is -0.392 e. The molecule has 1 aliphatic rings. The van der Waals surface area contributed by atoms with E-state index in [9.17, 15) is 9.90 Å². The van der Waals surface area contributed by atoms with Crippen molar-refractivity contribution in [1.29, 1.82) is 0 Å². The van der Waals surface area contributed by atoms with Crippen LogP contribution in [0.2, 0.25) is 15.1 Å². The van der Waals surface area contributed by atoms with Gasteiger partial charge in [-0.1, -0.05) is 59.1 Å². The highest BCUT2D eigenvalue weighted by molar-refractivity contribution is 6.36. The summed E-state index contributed by atoms with van der Waals surface area (Å²) in [6.45, 7) is 1.63. The molecule has 0 aromatic heterocycles. The number of halogens is 3. The summed E-state index contributed by atoms with van der Waals surface area (Å²) in [7, 11) is 0. The average molecular weight is 476 g/mol. The molecule has 1 amide bonds. The predicted molar refractivity (Wildman–Crippen MR) is 126 cm³/mol. The Morgan fingerprint density at radius 2 is 1.58 bits per heavy atom. The van der Waals surface area contributed by atoms with E-state index in [1.807, 2.05) is 41.3 Å². The zero-order valence-electron chi connectivity index (χ0n) is 16.6. The molecule has 0 aliphatic carbocycles. The third-order valence-electron chi connectivity index (χ3n) is 5.52. The first-order chi connectivity index (χ1) is 15.0. The molecule has 0 bridgehead atoms. The van der Waals surface area contributed by atoms with E-state index in [0.29, 0.717) is 40.3 Å². The Labute approximate surface area is 196 Å².